The number of nitrogens with one attached hydrogen (secondary N) is 1. The number of hydrogen-bond donors (Lipinski definition) is 1. The zero-order valence-electron chi connectivity index (χ0n) is 9.54. The quantitative estimate of drug-likeness (QED) is 0.931. The van der Waals surface area contributed by atoms with Gasteiger partial charge in [0, 0.05) is 0 Å². The van der Waals surface area contributed by atoms with Gasteiger partial charge in [-0.15, -0.1) is 0 Å². The highest BCUT2D eigenvalue weighted by atomic mass is 35.5. The number of rotatable bonds is 3. The number of benzene rings is 1. The van der Waals surface area contributed by atoms with Gasteiger partial charge in [0.2, 0.25) is 5.89 Å². The highest BCUT2D eigenvalue weighted by Gasteiger charge is 2.15. The molecule has 6 heteroatoms. The number of hydrogen-bond acceptors (Lipinski definition) is 3. The Morgan fingerprint density at radius 1 is 1.56 bits per heavy atom. The minimum absolute atomic E-state index is 0.0658. The first-order valence-electron chi connectivity index (χ1n) is 5.21. The van der Waals surface area contributed by atoms with E-state index < -0.39 is 11.7 Å². The van der Waals surface area contributed by atoms with Crippen LogP contribution in [0.4, 0.5) is 4.39 Å². The topological polar surface area (TPSA) is 55.1 Å². The van der Waals surface area contributed by atoms with Crippen LogP contribution in [-0.4, -0.2) is 10.9 Å². The molecule has 0 fully saturated rings. The van der Waals surface area contributed by atoms with Gasteiger partial charge in [-0.05, 0) is 19.1 Å². The van der Waals surface area contributed by atoms with Crippen LogP contribution in [0.3, 0.4) is 0 Å². The Balaban J connectivity index is 2.08. The van der Waals surface area contributed by atoms with Crippen LogP contribution >= 0.6 is 11.6 Å². The molecular formula is C12H10ClFN2O2. The van der Waals surface area contributed by atoms with Crippen molar-refractivity contribution in [2.75, 3.05) is 0 Å². The van der Waals surface area contributed by atoms with E-state index in [0.29, 0.717) is 11.7 Å². The highest BCUT2D eigenvalue weighted by molar-refractivity contribution is 6.33. The summed E-state index contributed by atoms with van der Waals surface area (Å²) in [5.74, 6) is -0.269. The molecular weight excluding hydrogens is 259 g/mol. The lowest BCUT2D eigenvalue weighted by atomic mass is 10.2. The van der Waals surface area contributed by atoms with E-state index in [1.54, 1.807) is 6.92 Å². The third kappa shape index (κ3) is 2.68. The molecule has 0 aliphatic carbocycles. The standard InChI is InChI=1S/C12H10ClFN2O2/c1-7-5-15-10(18-7)6-16-12(17)11-8(13)3-2-4-9(11)14/h2-5H,6H2,1H3,(H,16,17). The summed E-state index contributed by atoms with van der Waals surface area (Å²) in [6.07, 6.45) is 1.54. The number of amides is 1. The minimum atomic E-state index is -0.663. The highest BCUT2D eigenvalue weighted by Crippen LogP contribution is 2.18. The molecule has 0 radical (unpaired) electrons. The largest absolute Gasteiger partial charge is 0.444 e. The fraction of sp³-hybridized carbons (Fsp3) is 0.167. The number of carbonyl (C=O) groups excluding carboxylic acids is 1. The van der Waals surface area contributed by atoms with Gasteiger partial charge in [0.15, 0.2) is 0 Å². The van der Waals surface area contributed by atoms with Gasteiger partial charge in [0.25, 0.3) is 5.91 Å². The molecule has 0 unspecified atom stereocenters. The van der Waals surface area contributed by atoms with Crippen LogP contribution in [0.15, 0.2) is 28.8 Å². The van der Waals surface area contributed by atoms with Gasteiger partial charge < -0.3 is 9.73 Å². The van der Waals surface area contributed by atoms with Crippen LogP contribution < -0.4 is 5.32 Å². The first-order chi connectivity index (χ1) is 8.58. The van der Waals surface area contributed by atoms with Crippen molar-refractivity contribution in [1.82, 2.24) is 10.3 Å². The number of oxazole rings is 1. The lowest BCUT2D eigenvalue weighted by Gasteiger charge is -2.05. The van der Waals surface area contributed by atoms with E-state index in [2.05, 4.69) is 10.3 Å². The van der Waals surface area contributed by atoms with E-state index in [9.17, 15) is 9.18 Å². The molecule has 1 amide bonds. The van der Waals surface area contributed by atoms with Crippen LogP contribution in [0.1, 0.15) is 22.0 Å². The first-order valence-corrected chi connectivity index (χ1v) is 5.59. The zero-order chi connectivity index (χ0) is 13.1. The maximum atomic E-state index is 13.4. The van der Waals surface area contributed by atoms with Crippen molar-refractivity contribution in [3.63, 3.8) is 0 Å². The third-order valence-corrected chi connectivity index (χ3v) is 2.57. The van der Waals surface area contributed by atoms with E-state index >= 15 is 0 Å². The normalized spacial score (nSPS) is 10.4. The van der Waals surface area contributed by atoms with Crippen molar-refractivity contribution < 1.29 is 13.6 Å². The molecule has 2 aromatic rings. The molecule has 94 valence electrons. The molecule has 0 aliphatic rings. The molecule has 18 heavy (non-hydrogen) atoms. The zero-order valence-corrected chi connectivity index (χ0v) is 10.3. The molecule has 0 saturated heterocycles. The number of aryl methyl sites for hydroxylation is 1. The van der Waals surface area contributed by atoms with Crippen LogP contribution in [-0.2, 0) is 6.54 Å². The van der Waals surface area contributed by atoms with Gasteiger partial charge in [0.1, 0.15) is 11.6 Å². The summed E-state index contributed by atoms with van der Waals surface area (Å²) in [5.41, 5.74) is -0.178. The van der Waals surface area contributed by atoms with Crippen molar-refractivity contribution in [3.05, 3.63) is 52.5 Å². The van der Waals surface area contributed by atoms with Crippen LogP contribution in [0.25, 0.3) is 0 Å². The lowest BCUT2D eigenvalue weighted by Crippen LogP contribution is -2.24. The van der Waals surface area contributed by atoms with Gasteiger partial charge >= 0.3 is 0 Å². The van der Waals surface area contributed by atoms with Crippen molar-refractivity contribution in [2.45, 2.75) is 13.5 Å². The maximum absolute atomic E-state index is 13.4. The molecule has 1 heterocycles. The van der Waals surface area contributed by atoms with Crippen molar-refractivity contribution in [2.24, 2.45) is 0 Å². The molecule has 0 bridgehead atoms. The van der Waals surface area contributed by atoms with E-state index in [4.69, 9.17) is 16.0 Å². The average Bonchev–Trinajstić information content (AvgIpc) is 2.72. The lowest BCUT2D eigenvalue weighted by molar-refractivity contribution is 0.0943. The molecule has 0 saturated carbocycles. The van der Waals surface area contributed by atoms with Gasteiger partial charge in [-0.2, -0.15) is 0 Å². The molecule has 1 aromatic heterocycles. The van der Waals surface area contributed by atoms with E-state index in [1.807, 2.05) is 0 Å². The Bertz CT molecular complexity index is 563. The molecule has 1 aromatic carbocycles. The van der Waals surface area contributed by atoms with E-state index in [1.165, 1.54) is 24.4 Å². The molecule has 0 atom stereocenters. The predicted molar refractivity (Wildman–Crippen MR) is 63.8 cm³/mol. The third-order valence-electron chi connectivity index (χ3n) is 2.26. The predicted octanol–water partition coefficient (Wildman–Crippen LogP) is 2.71. The summed E-state index contributed by atoms with van der Waals surface area (Å²) in [4.78, 5) is 15.7. The van der Waals surface area contributed by atoms with Gasteiger partial charge in [0.05, 0.1) is 23.3 Å². The fourth-order valence-electron chi connectivity index (χ4n) is 1.44. The summed E-state index contributed by atoms with van der Waals surface area (Å²) >= 11 is 5.77. The molecule has 0 spiro atoms. The summed E-state index contributed by atoms with van der Waals surface area (Å²) in [7, 11) is 0. The van der Waals surface area contributed by atoms with Gasteiger partial charge in [-0.25, -0.2) is 9.37 Å². The molecule has 4 nitrogen and oxygen atoms in total. The number of nitrogens with zero attached hydrogens (tertiary/aromatic N) is 1. The Labute approximate surface area is 108 Å². The van der Waals surface area contributed by atoms with Crippen molar-refractivity contribution in [1.29, 1.82) is 0 Å². The molecule has 2 rings (SSSR count). The Morgan fingerprint density at radius 2 is 2.33 bits per heavy atom. The average molecular weight is 269 g/mol. The van der Waals surface area contributed by atoms with E-state index in [0.717, 1.165) is 0 Å². The second kappa shape index (κ2) is 5.18. The van der Waals surface area contributed by atoms with Gasteiger partial charge in [-0.3, -0.25) is 4.79 Å². The summed E-state index contributed by atoms with van der Waals surface area (Å²) in [6.45, 7) is 1.82. The van der Waals surface area contributed by atoms with Gasteiger partial charge in [-0.1, -0.05) is 17.7 Å². The summed E-state index contributed by atoms with van der Waals surface area (Å²) < 4.78 is 18.6. The Hall–Kier alpha value is -1.88. The SMILES string of the molecule is Cc1cnc(CNC(=O)c2c(F)cccc2Cl)o1. The summed E-state index contributed by atoms with van der Waals surface area (Å²) in [5, 5.41) is 2.56. The second-order valence-corrected chi connectivity index (χ2v) is 4.05. The van der Waals surface area contributed by atoms with Crippen molar-refractivity contribution >= 4 is 17.5 Å². The van der Waals surface area contributed by atoms with Crippen LogP contribution in [0.5, 0.6) is 0 Å². The monoisotopic (exact) mass is 268 g/mol. The Morgan fingerprint density at radius 3 is 2.94 bits per heavy atom. The van der Waals surface area contributed by atoms with Crippen LogP contribution in [0, 0.1) is 12.7 Å². The smallest absolute Gasteiger partial charge is 0.256 e. The maximum Gasteiger partial charge on any atom is 0.256 e. The fourth-order valence-corrected chi connectivity index (χ4v) is 1.69. The number of carbonyl (C=O) groups is 1. The Kier molecular flexibility index (Phi) is 3.62. The number of aromatic nitrogens is 1. The van der Waals surface area contributed by atoms with Crippen molar-refractivity contribution in [3.8, 4) is 0 Å². The van der Waals surface area contributed by atoms with E-state index in [-0.39, 0.29) is 17.1 Å². The second-order valence-electron chi connectivity index (χ2n) is 3.64. The van der Waals surface area contributed by atoms with Crippen LogP contribution in [0.2, 0.25) is 5.02 Å². The first kappa shape index (κ1) is 12.6. The molecule has 0 aliphatic heterocycles. The minimum Gasteiger partial charge on any atom is -0.444 e. The number of halogens is 2. The molecule has 1 N–H and O–H groups in total. The summed E-state index contributed by atoms with van der Waals surface area (Å²) in [6, 6.07) is 4.07.